The standard InChI is InChI=1S/C10H12N2O3/c1-7-4-5-9(12(2)11-14)8(6-7)10(13)15-3/h4-6H,1-3H3. The first-order chi connectivity index (χ1) is 7.10. The fraction of sp³-hybridized carbons (Fsp3) is 0.300. The third-order valence-corrected chi connectivity index (χ3v) is 2.03. The van der Waals surface area contributed by atoms with Crippen LogP contribution in [0.4, 0.5) is 5.69 Å². The number of nitroso groups, excluding NO2 is 1. The van der Waals surface area contributed by atoms with Crippen LogP contribution in [-0.4, -0.2) is 20.1 Å². The van der Waals surface area contributed by atoms with Gasteiger partial charge in [-0.05, 0) is 19.1 Å². The van der Waals surface area contributed by atoms with Crippen molar-refractivity contribution >= 4 is 11.7 Å². The molecule has 1 aromatic carbocycles. The summed E-state index contributed by atoms with van der Waals surface area (Å²) >= 11 is 0. The molecule has 0 heterocycles. The summed E-state index contributed by atoms with van der Waals surface area (Å²) in [6.45, 7) is 1.85. The van der Waals surface area contributed by atoms with Gasteiger partial charge in [0.2, 0.25) is 0 Å². The van der Waals surface area contributed by atoms with E-state index in [2.05, 4.69) is 10.0 Å². The minimum Gasteiger partial charge on any atom is -0.465 e. The van der Waals surface area contributed by atoms with Crippen molar-refractivity contribution in [2.45, 2.75) is 6.92 Å². The van der Waals surface area contributed by atoms with Crippen molar-refractivity contribution in [1.82, 2.24) is 0 Å². The fourth-order valence-corrected chi connectivity index (χ4v) is 1.25. The number of rotatable bonds is 3. The van der Waals surface area contributed by atoms with Crippen LogP contribution in [0.5, 0.6) is 0 Å². The Balaban J connectivity index is 3.25. The molecule has 1 rings (SSSR count). The van der Waals surface area contributed by atoms with Crippen LogP contribution in [0.25, 0.3) is 0 Å². The topological polar surface area (TPSA) is 59.0 Å². The molecule has 0 saturated carbocycles. The lowest BCUT2D eigenvalue weighted by Crippen LogP contribution is -2.13. The average Bonchev–Trinajstić information content (AvgIpc) is 2.26. The van der Waals surface area contributed by atoms with Crippen molar-refractivity contribution in [2.24, 2.45) is 5.29 Å². The van der Waals surface area contributed by atoms with Gasteiger partial charge in [-0.3, -0.25) is 0 Å². The molecule has 0 aromatic heterocycles. The van der Waals surface area contributed by atoms with E-state index >= 15 is 0 Å². The van der Waals surface area contributed by atoms with E-state index in [1.54, 1.807) is 18.2 Å². The summed E-state index contributed by atoms with van der Waals surface area (Å²) in [5.41, 5.74) is 1.68. The maximum atomic E-state index is 11.4. The first-order valence-electron chi connectivity index (χ1n) is 4.36. The minimum atomic E-state index is -0.482. The molecule has 0 aliphatic carbocycles. The highest BCUT2D eigenvalue weighted by atomic mass is 16.5. The molecule has 0 spiro atoms. The number of anilines is 1. The lowest BCUT2D eigenvalue weighted by Gasteiger charge is -2.13. The Kier molecular flexibility index (Phi) is 3.38. The van der Waals surface area contributed by atoms with Crippen molar-refractivity contribution in [1.29, 1.82) is 0 Å². The lowest BCUT2D eigenvalue weighted by atomic mass is 10.1. The number of methoxy groups -OCH3 is 1. The second-order valence-corrected chi connectivity index (χ2v) is 3.12. The van der Waals surface area contributed by atoms with Gasteiger partial charge in [-0.2, -0.15) is 0 Å². The summed E-state index contributed by atoms with van der Waals surface area (Å²) in [5.74, 6) is -0.482. The third-order valence-electron chi connectivity index (χ3n) is 2.03. The molecule has 0 radical (unpaired) electrons. The van der Waals surface area contributed by atoms with Crippen molar-refractivity contribution < 1.29 is 9.53 Å². The number of hydrogen-bond donors (Lipinski definition) is 0. The van der Waals surface area contributed by atoms with Crippen LogP contribution in [0.15, 0.2) is 23.5 Å². The van der Waals surface area contributed by atoms with Gasteiger partial charge < -0.3 is 4.74 Å². The Morgan fingerprint density at radius 2 is 2.13 bits per heavy atom. The number of hydrogen-bond acceptors (Lipinski definition) is 4. The van der Waals surface area contributed by atoms with E-state index in [4.69, 9.17) is 0 Å². The lowest BCUT2D eigenvalue weighted by molar-refractivity contribution is 0.0601. The van der Waals surface area contributed by atoms with Gasteiger partial charge >= 0.3 is 5.97 Å². The SMILES string of the molecule is COC(=O)c1cc(C)ccc1N(C)N=O. The Morgan fingerprint density at radius 3 is 2.67 bits per heavy atom. The number of aryl methyl sites for hydroxylation is 1. The molecule has 0 N–H and O–H groups in total. The molecule has 0 aliphatic heterocycles. The van der Waals surface area contributed by atoms with E-state index in [1.807, 2.05) is 6.92 Å². The molecule has 0 bridgehead atoms. The highest BCUT2D eigenvalue weighted by molar-refractivity contribution is 5.95. The fourth-order valence-electron chi connectivity index (χ4n) is 1.25. The number of esters is 1. The molecule has 0 amide bonds. The highest BCUT2D eigenvalue weighted by Crippen LogP contribution is 2.21. The van der Waals surface area contributed by atoms with Crippen molar-refractivity contribution in [3.8, 4) is 0 Å². The van der Waals surface area contributed by atoms with E-state index in [0.717, 1.165) is 10.6 Å². The smallest absolute Gasteiger partial charge is 0.340 e. The van der Waals surface area contributed by atoms with Gasteiger partial charge in [0.25, 0.3) is 0 Å². The molecule has 0 saturated heterocycles. The molecular weight excluding hydrogens is 196 g/mol. The molecule has 80 valence electrons. The highest BCUT2D eigenvalue weighted by Gasteiger charge is 2.15. The van der Waals surface area contributed by atoms with Crippen LogP contribution >= 0.6 is 0 Å². The Hall–Kier alpha value is -1.91. The summed E-state index contributed by atoms with van der Waals surface area (Å²) in [6, 6.07) is 5.11. The normalized spacial score (nSPS) is 9.53. The summed E-state index contributed by atoms with van der Waals surface area (Å²) in [7, 11) is 2.77. The summed E-state index contributed by atoms with van der Waals surface area (Å²) in [5, 5.41) is 3.83. The quantitative estimate of drug-likeness (QED) is 0.432. The van der Waals surface area contributed by atoms with Gasteiger partial charge in [-0.15, -0.1) is 4.91 Å². The number of carbonyl (C=O) groups excluding carboxylic acids is 1. The minimum absolute atomic E-state index is 0.333. The zero-order valence-corrected chi connectivity index (χ0v) is 8.85. The van der Waals surface area contributed by atoms with E-state index in [9.17, 15) is 9.70 Å². The summed E-state index contributed by atoms with van der Waals surface area (Å²) in [4.78, 5) is 21.8. The Morgan fingerprint density at radius 1 is 1.47 bits per heavy atom. The van der Waals surface area contributed by atoms with Gasteiger partial charge in [-0.1, -0.05) is 11.6 Å². The van der Waals surface area contributed by atoms with Crippen LogP contribution < -0.4 is 5.01 Å². The summed E-state index contributed by atoms with van der Waals surface area (Å²) in [6.07, 6.45) is 0. The molecule has 0 atom stereocenters. The van der Waals surface area contributed by atoms with Crippen LogP contribution in [0.2, 0.25) is 0 Å². The molecule has 15 heavy (non-hydrogen) atoms. The second-order valence-electron chi connectivity index (χ2n) is 3.12. The predicted molar refractivity (Wildman–Crippen MR) is 56.7 cm³/mol. The van der Waals surface area contributed by atoms with Gasteiger partial charge in [0, 0.05) is 7.05 Å². The zero-order chi connectivity index (χ0) is 11.4. The largest absolute Gasteiger partial charge is 0.465 e. The van der Waals surface area contributed by atoms with Crippen LogP contribution in [-0.2, 0) is 4.74 Å². The first kappa shape index (κ1) is 11.2. The van der Waals surface area contributed by atoms with Crippen LogP contribution in [0, 0.1) is 11.8 Å². The van der Waals surface area contributed by atoms with Gasteiger partial charge in [0.1, 0.15) is 0 Å². The van der Waals surface area contributed by atoms with Gasteiger partial charge in [0.05, 0.1) is 23.6 Å². The van der Waals surface area contributed by atoms with Gasteiger partial charge in [0.15, 0.2) is 0 Å². The second kappa shape index (κ2) is 4.54. The summed E-state index contributed by atoms with van der Waals surface area (Å²) < 4.78 is 4.62. The maximum Gasteiger partial charge on any atom is 0.340 e. The molecule has 5 nitrogen and oxygen atoms in total. The molecule has 0 unspecified atom stereocenters. The average molecular weight is 208 g/mol. The Bertz CT molecular complexity index is 390. The van der Waals surface area contributed by atoms with Crippen LogP contribution in [0.1, 0.15) is 15.9 Å². The number of nitrogens with zero attached hydrogens (tertiary/aromatic N) is 2. The molecule has 0 fully saturated rings. The predicted octanol–water partition coefficient (Wildman–Crippen LogP) is 1.90. The molecule has 5 heteroatoms. The Labute approximate surface area is 87.6 Å². The molecular formula is C10H12N2O3. The number of ether oxygens (including phenoxy) is 1. The van der Waals surface area contributed by atoms with Crippen molar-refractivity contribution in [3.05, 3.63) is 34.2 Å². The van der Waals surface area contributed by atoms with Crippen molar-refractivity contribution in [3.63, 3.8) is 0 Å². The molecule has 0 aliphatic rings. The van der Waals surface area contributed by atoms with Gasteiger partial charge in [-0.25, -0.2) is 9.80 Å². The van der Waals surface area contributed by atoms with E-state index in [-0.39, 0.29) is 0 Å². The zero-order valence-electron chi connectivity index (χ0n) is 8.85. The van der Waals surface area contributed by atoms with E-state index < -0.39 is 5.97 Å². The number of carbonyl (C=O) groups is 1. The molecule has 1 aromatic rings. The van der Waals surface area contributed by atoms with Crippen LogP contribution in [0.3, 0.4) is 0 Å². The van der Waals surface area contributed by atoms with E-state index in [1.165, 1.54) is 14.2 Å². The van der Waals surface area contributed by atoms with Crippen molar-refractivity contribution in [2.75, 3.05) is 19.2 Å². The first-order valence-corrected chi connectivity index (χ1v) is 4.36. The maximum absolute atomic E-state index is 11.4. The monoisotopic (exact) mass is 208 g/mol. The third kappa shape index (κ3) is 2.31. The van der Waals surface area contributed by atoms with E-state index in [0.29, 0.717) is 11.3 Å². The number of benzene rings is 1.